The van der Waals surface area contributed by atoms with Gasteiger partial charge in [0.1, 0.15) is 0 Å². The van der Waals surface area contributed by atoms with Crippen molar-refractivity contribution in [1.29, 1.82) is 0 Å². The van der Waals surface area contributed by atoms with Crippen LogP contribution in [0.4, 0.5) is 5.69 Å². The summed E-state index contributed by atoms with van der Waals surface area (Å²) < 4.78 is 1.92. The van der Waals surface area contributed by atoms with Gasteiger partial charge in [0.05, 0.1) is 11.9 Å². The lowest BCUT2D eigenvalue weighted by atomic mass is 10.1. The number of aryl methyl sites for hydroxylation is 1. The molecule has 27 heavy (non-hydrogen) atoms. The van der Waals surface area contributed by atoms with Crippen LogP contribution in [-0.4, -0.2) is 51.8 Å². The first-order valence-corrected chi connectivity index (χ1v) is 9.83. The van der Waals surface area contributed by atoms with E-state index in [2.05, 4.69) is 38.9 Å². The second kappa shape index (κ2) is 6.22. The van der Waals surface area contributed by atoms with Crippen molar-refractivity contribution >= 4 is 23.2 Å². The fourth-order valence-electron chi connectivity index (χ4n) is 4.23. The average molecular weight is 363 g/mol. The minimum absolute atomic E-state index is 0.315. The maximum Gasteiger partial charge on any atom is 0.225 e. The molecular weight excluding hydrogens is 338 g/mol. The van der Waals surface area contributed by atoms with E-state index in [-0.39, 0.29) is 0 Å². The molecule has 3 aliphatic rings. The van der Waals surface area contributed by atoms with Crippen LogP contribution in [0.2, 0.25) is 0 Å². The van der Waals surface area contributed by atoms with Crippen LogP contribution in [-0.2, 0) is 18.3 Å². The van der Waals surface area contributed by atoms with Gasteiger partial charge < -0.3 is 9.80 Å². The molecule has 0 spiro atoms. The summed E-state index contributed by atoms with van der Waals surface area (Å²) in [5, 5.41) is 4.39. The molecule has 0 bridgehead atoms. The van der Waals surface area contributed by atoms with Gasteiger partial charge in [0.2, 0.25) is 5.91 Å². The number of carbonyl (C=O) groups excluding carboxylic acids is 1. The van der Waals surface area contributed by atoms with Crippen LogP contribution < -0.4 is 4.90 Å². The first-order chi connectivity index (χ1) is 13.1. The number of rotatable bonds is 3. The molecule has 3 heterocycles. The maximum atomic E-state index is 12.3. The average Bonchev–Trinajstić information content (AvgIpc) is 3.37. The Kier molecular flexibility index (Phi) is 3.81. The monoisotopic (exact) mass is 363 g/mol. The molecule has 2 aliphatic carbocycles. The molecule has 1 aliphatic heterocycles. The van der Waals surface area contributed by atoms with Crippen molar-refractivity contribution in [3.8, 4) is 0 Å². The van der Waals surface area contributed by atoms with Gasteiger partial charge in [-0.15, -0.1) is 0 Å². The Morgan fingerprint density at radius 1 is 1.19 bits per heavy atom. The molecule has 1 saturated carbocycles. The van der Waals surface area contributed by atoms with Gasteiger partial charge in [-0.05, 0) is 37.5 Å². The molecule has 2 fully saturated rings. The number of aromatic nitrogens is 3. The van der Waals surface area contributed by atoms with Gasteiger partial charge in [-0.2, -0.15) is 5.10 Å². The van der Waals surface area contributed by atoms with E-state index in [4.69, 9.17) is 0 Å². The lowest BCUT2D eigenvalue weighted by Crippen LogP contribution is -2.49. The number of nitrogens with zero attached hydrogens (tertiary/aromatic N) is 5. The van der Waals surface area contributed by atoms with E-state index >= 15 is 0 Å². The second-order valence-corrected chi connectivity index (χ2v) is 7.89. The number of allylic oxidation sites excluding steroid dienone is 1. The second-order valence-electron chi connectivity index (χ2n) is 7.89. The van der Waals surface area contributed by atoms with Gasteiger partial charge >= 0.3 is 0 Å². The molecule has 0 unspecified atom stereocenters. The number of hydrogen-bond acceptors (Lipinski definition) is 4. The van der Waals surface area contributed by atoms with Gasteiger partial charge in [-0.3, -0.25) is 14.5 Å². The molecule has 2 aromatic heterocycles. The number of amides is 1. The van der Waals surface area contributed by atoms with E-state index in [0.717, 1.165) is 51.1 Å². The van der Waals surface area contributed by atoms with E-state index in [9.17, 15) is 4.79 Å². The highest BCUT2D eigenvalue weighted by Crippen LogP contribution is 2.37. The van der Waals surface area contributed by atoms with E-state index in [1.165, 1.54) is 28.1 Å². The molecular formula is C21H25N5O. The predicted octanol–water partition coefficient (Wildman–Crippen LogP) is 2.28. The SMILES string of the molecule is Cc1c(C2=Cc3c(N4CCN(C(=O)C5CC5)CC4)ccnc3C2)cnn1C. The summed E-state index contributed by atoms with van der Waals surface area (Å²) >= 11 is 0. The van der Waals surface area contributed by atoms with Gasteiger partial charge in [0, 0.05) is 74.3 Å². The lowest BCUT2D eigenvalue weighted by Gasteiger charge is -2.37. The smallest absolute Gasteiger partial charge is 0.225 e. The fourth-order valence-corrected chi connectivity index (χ4v) is 4.23. The summed E-state index contributed by atoms with van der Waals surface area (Å²) in [5.41, 5.74) is 7.30. The molecule has 6 nitrogen and oxygen atoms in total. The Balaban J connectivity index is 1.38. The van der Waals surface area contributed by atoms with Crippen molar-refractivity contribution in [2.75, 3.05) is 31.1 Å². The van der Waals surface area contributed by atoms with Crippen molar-refractivity contribution in [2.24, 2.45) is 13.0 Å². The van der Waals surface area contributed by atoms with E-state index in [1.54, 1.807) is 0 Å². The minimum Gasteiger partial charge on any atom is -0.367 e. The van der Waals surface area contributed by atoms with Gasteiger partial charge in [-0.25, -0.2) is 0 Å². The molecule has 5 rings (SSSR count). The summed E-state index contributed by atoms with van der Waals surface area (Å²) in [4.78, 5) is 21.4. The molecule has 2 aromatic rings. The fraction of sp³-hybridized carbons (Fsp3) is 0.476. The van der Waals surface area contributed by atoms with E-state index in [0.29, 0.717) is 11.8 Å². The van der Waals surface area contributed by atoms with Crippen LogP contribution in [0.15, 0.2) is 18.5 Å². The molecule has 0 radical (unpaired) electrons. The van der Waals surface area contributed by atoms with Crippen LogP contribution in [0.5, 0.6) is 0 Å². The molecule has 140 valence electrons. The van der Waals surface area contributed by atoms with Gasteiger partial charge in [0.25, 0.3) is 0 Å². The zero-order chi connectivity index (χ0) is 18.5. The topological polar surface area (TPSA) is 54.3 Å². The van der Waals surface area contributed by atoms with Crippen LogP contribution in [0.3, 0.4) is 0 Å². The first kappa shape index (κ1) is 16.5. The quantitative estimate of drug-likeness (QED) is 0.840. The summed E-state index contributed by atoms with van der Waals surface area (Å²) in [7, 11) is 1.98. The minimum atomic E-state index is 0.315. The van der Waals surface area contributed by atoms with Crippen LogP contribution in [0.1, 0.15) is 35.4 Å². The highest BCUT2D eigenvalue weighted by Gasteiger charge is 2.35. The molecule has 0 N–H and O–H groups in total. The maximum absolute atomic E-state index is 12.3. The molecule has 1 saturated heterocycles. The number of piperazine rings is 1. The van der Waals surface area contributed by atoms with E-state index < -0.39 is 0 Å². The third-order valence-corrected chi connectivity index (χ3v) is 6.17. The number of carbonyl (C=O) groups is 1. The van der Waals surface area contributed by atoms with Crippen LogP contribution >= 0.6 is 0 Å². The standard InChI is InChI=1S/C21H25N5O/c1-14-18(13-23-24(14)2)16-11-17-19(12-16)22-6-5-20(17)25-7-9-26(10-8-25)21(27)15-3-4-15/h5-6,11,13,15H,3-4,7-10,12H2,1-2H3. The number of anilines is 1. The number of hydrogen-bond donors (Lipinski definition) is 0. The van der Waals surface area contributed by atoms with Crippen LogP contribution in [0.25, 0.3) is 11.6 Å². The molecule has 6 heteroatoms. The van der Waals surface area contributed by atoms with Crippen molar-refractivity contribution in [3.63, 3.8) is 0 Å². The van der Waals surface area contributed by atoms with E-state index in [1.807, 2.05) is 24.1 Å². The zero-order valence-corrected chi connectivity index (χ0v) is 16.0. The van der Waals surface area contributed by atoms with Crippen molar-refractivity contribution < 1.29 is 4.79 Å². The normalized spacial score (nSPS) is 19.3. The Labute approximate surface area is 159 Å². The Morgan fingerprint density at radius 2 is 1.96 bits per heavy atom. The third kappa shape index (κ3) is 2.83. The number of pyridine rings is 1. The Bertz CT molecular complexity index is 932. The summed E-state index contributed by atoms with van der Waals surface area (Å²) in [6, 6.07) is 2.12. The summed E-state index contributed by atoms with van der Waals surface area (Å²) in [6.07, 6.45) is 9.17. The van der Waals surface area contributed by atoms with Gasteiger partial charge in [-0.1, -0.05) is 0 Å². The highest BCUT2D eigenvalue weighted by atomic mass is 16.2. The predicted molar refractivity (Wildman–Crippen MR) is 105 cm³/mol. The summed E-state index contributed by atoms with van der Waals surface area (Å²) in [6.45, 7) is 5.54. The van der Waals surface area contributed by atoms with Crippen molar-refractivity contribution in [3.05, 3.63) is 41.0 Å². The summed E-state index contributed by atoms with van der Waals surface area (Å²) in [5.74, 6) is 0.679. The Morgan fingerprint density at radius 3 is 2.63 bits per heavy atom. The highest BCUT2D eigenvalue weighted by molar-refractivity contribution is 5.92. The molecule has 1 amide bonds. The molecule has 0 aromatic carbocycles. The zero-order valence-electron chi connectivity index (χ0n) is 16.0. The first-order valence-electron chi connectivity index (χ1n) is 9.83. The largest absolute Gasteiger partial charge is 0.367 e. The molecule has 0 atom stereocenters. The Hall–Kier alpha value is -2.63. The lowest BCUT2D eigenvalue weighted by molar-refractivity contribution is -0.132. The van der Waals surface area contributed by atoms with Gasteiger partial charge in [0.15, 0.2) is 0 Å². The van der Waals surface area contributed by atoms with Crippen molar-refractivity contribution in [1.82, 2.24) is 19.7 Å². The van der Waals surface area contributed by atoms with Crippen LogP contribution in [0, 0.1) is 12.8 Å². The van der Waals surface area contributed by atoms with Crippen molar-refractivity contribution in [2.45, 2.75) is 26.2 Å². The number of fused-ring (bicyclic) bond motifs is 1. The third-order valence-electron chi connectivity index (χ3n) is 6.17.